The molecule has 0 unspecified atom stereocenters. The summed E-state index contributed by atoms with van der Waals surface area (Å²) in [5, 5.41) is 18.9. The maximum atomic E-state index is 4.49. The van der Waals surface area contributed by atoms with Crippen molar-refractivity contribution in [1.82, 2.24) is 19.8 Å². The lowest BCUT2D eigenvalue weighted by atomic mass is 10.2. The van der Waals surface area contributed by atoms with Crippen LogP contribution in [0.15, 0.2) is 35.7 Å². The molecule has 1 N–H and O–H groups in total. The number of hydrogen-bond donors (Lipinski definition) is 1. The highest BCUT2D eigenvalue weighted by Gasteiger charge is 2.08. The van der Waals surface area contributed by atoms with Gasteiger partial charge in [-0.15, -0.1) is 15.3 Å². The van der Waals surface area contributed by atoms with E-state index in [0.717, 1.165) is 35.0 Å². The van der Waals surface area contributed by atoms with Crippen LogP contribution in [0, 0.1) is 0 Å². The fraction of sp³-hybridized carbons (Fsp3) is 0.333. The van der Waals surface area contributed by atoms with Crippen LogP contribution in [0.5, 0.6) is 0 Å². The fourth-order valence-electron chi connectivity index (χ4n) is 2.25. The van der Waals surface area contributed by atoms with E-state index in [1.165, 1.54) is 6.42 Å². The van der Waals surface area contributed by atoms with Gasteiger partial charge in [-0.1, -0.05) is 37.6 Å². The molecule has 2 aromatic heterocycles. The Labute approximate surface area is 122 Å². The lowest BCUT2D eigenvalue weighted by molar-refractivity contribution is 0.831. The summed E-state index contributed by atoms with van der Waals surface area (Å²) in [6, 6.07) is 7.99. The Morgan fingerprint density at radius 3 is 2.90 bits per heavy atom. The minimum atomic E-state index is 0.716. The normalized spacial score (nSPS) is 12.2. The minimum Gasteiger partial charge on any atom is -0.259 e. The Hall–Kier alpha value is -2.50. The zero-order valence-corrected chi connectivity index (χ0v) is 12.2. The molecule has 2 heterocycles. The van der Waals surface area contributed by atoms with Crippen LogP contribution < -0.4 is 5.43 Å². The number of hydrazone groups is 1. The van der Waals surface area contributed by atoms with Crippen LogP contribution in [0.25, 0.3) is 16.4 Å². The number of unbranched alkanes of at least 4 members (excludes halogenated alkanes) is 1. The van der Waals surface area contributed by atoms with E-state index in [4.69, 9.17) is 0 Å². The SMILES string of the molecule is CCCCC(C)=NNc1nn2cnnc2c2ccccc12. The van der Waals surface area contributed by atoms with Gasteiger partial charge in [0.25, 0.3) is 0 Å². The molecule has 0 fully saturated rings. The van der Waals surface area contributed by atoms with E-state index in [1.54, 1.807) is 10.8 Å². The molecule has 0 aliphatic carbocycles. The molecule has 108 valence electrons. The van der Waals surface area contributed by atoms with E-state index in [-0.39, 0.29) is 0 Å². The van der Waals surface area contributed by atoms with Crippen molar-refractivity contribution in [3.8, 4) is 0 Å². The molecular formula is C15H18N6. The Morgan fingerprint density at radius 2 is 2.10 bits per heavy atom. The van der Waals surface area contributed by atoms with Crippen molar-refractivity contribution in [3.05, 3.63) is 30.6 Å². The van der Waals surface area contributed by atoms with Crippen LogP contribution in [0.4, 0.5) is 5.82 Å². The number of benzene rings is 1. The second kappa shape index (κ2) is 5.87. The molecular weight excluding hydrogens is 264 g/mol. The number of nitrogens with zero attached hydrogens (tertiary/aromatic N) is 5. The molecule has 0 saturated heterocycles. The highest BCUT2D eigenvalue weighted by Crippen LogP contribution is 2.23. The van der Waals surface area contributed by atoms with E-state index < -0.39 is 0 Å². The molecule has 6 heteroatoms. The Balaban J connectivity index is 2.00. The number of rotatable bonds is 5. The highest BCUT2D eigenvalue weighted by molar-refractivity contribution is 6.00. The molecule has 21 heavy (non-hydrogen) atoms. The van der Waals surface area contributed by atoms with Gasteiger partial charge < -0.3 is 0 Å². The molecule has 1 aromatic carbocycles. The van der Waals surface area contributed by atoms with Crippen LogP contribution in [-0.4, -0.2) is 25.5 Å². The zero-order valence-electron chi connectivity index (χ0n) is 12.2. The van der Waals surface area contributed by atoms with Gasteiger partial charge in [0.05, 0.1) is 0 Å². The van der Waals surface area contributed by atoms with E-state index in [0.29, 0.717) is 5.82 Å². The quantitative estimate of drug-likeness (QED) is 0.576. The summed E-state index contributed by atoms with van der Waals surface area (Å²) in [5.74, 6) is 0.716. The van der Waals surface area contributed by atoms with Crippen molar-refractivity contribution in [2.75, 3.05) is 5.43 Å². The van der Waals surface area contributed by atoms with Crippen molar-refractivity contribution in [2.45, 2.75) is 33.1 Å². The molecule has 0 aliphatic heterocycles. The van der Waals surface area contributed by atoms with Gasteiger partial charge in [0, 0.05) is 16.5 Å². The van der Waals surface area contributed by atoms with Crippen LogP contribution in [0.2, 0.25) is 0 Å². The molecule has 0 atom stereocenters. The van der Waals surface area contributed by atoms with Crippen molar-refractivity contribution in [3.63, 3.8) is 0 Å². The van der Waals surface area contributed by atoms with Crippen molar-refractivity contribution >= 4 is 27.9 Å². The van der Waals surface area contributed by atoms with Crippen molar-refractivity contribution in [2.24, 2.45) is 5.10 Å². The molecule has 0 aliphatic rings. The smallest absolute Gasteiger partial charge is 0.185 e. The van der Waals surface area contributed by atoms with Gasteiger partial charge in [0.15, 0.2) is 11.5 Å². The summed E-state index contributed by atoms with van der Waals surface area (Å²) in [4.78, 5) is 0. The second-order valence-corrected chi connectivity index (χ2v) is 5.06. The second-order valence-electron chi connectivity index (χ2n) is 5.06. The molecule has 0 radical (unpaired) electrons. The third-order valence-corrected chi connectivity index (χ3v) is 3.41. The van der Waals surface area contributed by atoms with Crippen LogP contribution in [0.3, 0.4) is 0 Å². The predicted molar refractivity (Wildman–Crippen MR) is 84.5 cm³/mol. The maximum absolute atomic E-state index is 4.49. The molecule has 0 saturated carbocycles. The molecule has 0 bridgehead atoms. The van der Waals surface area contributed by atoms with E-state index in [2.05, 4.69) is 32.7 Å². The van der Waals surface area contributed by atoms with Gasteiger partial charge in [-0.05, 0) is 19.8 Å². The number of anilines is 1. The molecule has 6 nitrogen and oxygen atoms in total. The lowest BCUT2D eigenvalue weighted by Gasteiger charge is -2.07. The lowest BCUT2D eigenvalue weighted by Crippen LogP contribution is -2.03. The number of hydrogen-bond acceptors (Lipinski definition) is 5. The largest absolute Gasteiger partial charge is 0.259 e. The molecule has 0 spiro atoms. The average Bonchev–Trinajstić information content (AvgIpc) is 2.99. The van der Waals surface area contributed by atoms with Gasteiger partial charge >= 0.3 is 0 Å². The summed E-state index contributed by atoms with van der Waals surface area (Å²) >= 11 is 0. The molecule has 0 amide bonds. The van der Waals surface area contributed by atoms with Crippen molar-refractivity contribution in [1.29, 1.82) is 0 Å². The zero-order chi connectivity index (χ0) is 14.7. The summed E-state index contributed by atoms with van der Waals surface area (Å²) in [6.45, 7) is 4.21. The third kappa shape index (κ3) is 2.69. The average molecular weight is 282 g/mol. The van der Waals surface area contributed by atoms with E-state index in [1.807, 2.05) is 31.2 Å². The first-order chi connectivity index (χ1) is 10.3. The first-order valence-electron chi connectivity index (χ1n) is 7.17. The van der Waals surface area contributed by atoms with Gasteiger partial charge in [0.2, 0.25) is 0 Å². The van der Waals surface area contributed by atoms with Crippen LogP contribution >= 0.6 is 0 Å². The first-order valence-corrected chi connectivity index (χ1v) is 7.17. The first kappa shape index (κ1) is 13.5. The summed E-state index contributed by atoms with van der Waals surface area (Å²) in [7, 11) is 0. The number of fused-ring (bicyclic) bond motifs is 3. The molecule has 3 rings (SSSR count). The van der Waals surface area contributed by atoms with Crippen LogP contribution in [0.1, 0.15) is 33.1 Å². The monoisotopic (exact) mass is 282 g/mol. The van der Waals surface area contributed by atoms with Gasteiger partial charge in [-0.3, -0.25) is 5.43 Å². The summed E-state index contributed by atoms with van der Waals surface area (Å²) in [5.41, 5.74) is 4.91. The van der Waals surface area contributed by atoms with Gasteiger partial charge in [-0.25, -0.2) is 0 Å². The van der Waals surface area contributed by atoms with Crippen molar-refractivity contribution < 1.29 is 0 Å². The predicted octanol–water partition coefficient (Wildman–Crippen LogP) is 3.26. The topological polar surface area (TPSA) is 67.5 Å². The third-order valence-electron chi connectivity index (χ3n) is 3.41. The highest BCUT2D eigenvalue weighted by atomic mass is 15.4. The van der Waals surface area contributed by atoms with Crippen LogP contribution in [-0.2, 0) is 0 Å². The Bertz CT molecular complexity index is 789. The van der Waals surface area contributed by atoms with Gasteiger partial charge in [-0.2, -0.15) is 9.62 Å². The number of aromatic nitrogens is 4. The Morgan fingerprint density at radius 1 is 1.29 bits per heavy atom. The Kier molecular flexibility index (Phi) is 3.77. The number of nitrogens with one attached hydrogen (secondary N) is 1. The maximum Gasteiger partial charge on any atom is 0.185 e. The van der Waals surface area contributed by atoms with Gasteiger partial charge in [0.1, 0.15) is 6.33 Å². The molecule has 3 aromatic rings. The summed E-state index contributed by atoms with van der Waals surface area (Å²) < 4.78 is 1.67. The standard InChI is InChI=1S/C15H18N6/c1-3-4-7-11(2)17-18-14-12-8-5-6-9-13(12)15-19-16-10-21(15)20-14/h5-6,8-10H,3-4,7H2,1-2H3,(H,18,20). The summed E-state index contributed by atoms with van der Waals surface area (Å²) in [6.07, 6.45) is 4.91. The van der Waals surface area contributed by atoms with E-state index in [9.17, 15) is 0 Å². The minimum absolute atomic E-state index is 0.716. The van der Waals surface area contributed by atoms with E-state index >= 15 is 0 Å². The fourth-order valence-corrected chi connectivity index (χ4v) is 2.25.